The number of aliphatic hydroxyl groups is 1. The number of ether oxygens (including phenoxy) is 1. The summed E-state index contributed by atoms with van der Waals surface area (Å²) < 4.78 is 4.94. The van der Waals surface area contributed by atoms with Gasteiger partial charge in [-0.05, 0) is 13.3 Å². The maximum absolute atomic E-state index is 11.1. The van der Waals surface area contributed by atoms with Gasteiger partial charge in [0.1, 0.15) is 6.10 Å². The molecule has 1 unspecified atom stereocenters. The number of carbonyl (C=O) groups is 1. The molecule has 0 aliphatic carbocycles. The van der Waals surface area contributed by atoms with Gasteiger partial charge in [-0.3, -0.25) is 0 Å². The minimum absolute atomic E-state index is 0.447. The highest BCUT2D eigenvalue weighted by molar-refractivity contribution is 5.73. The molecule has 0 saturated heterocycles. The lowest BCUT2D eigenvalue weighted by atomic mass is 10.0. The Bertz CT molecular complexity index is 289. The van der Waals surface area contributed by atoms with Gasteiger partial charge in [-0.25, -0.2) is 4.79 Å². The van der Waals surface area contributed by atoms with E-state index in [0.29, 0.717) is 6.61 Å². The first-order chi connectivity index (χ1) is 12.7. The average Bonchev–Trinajstić information content (AvgIpc) is 2.63. The van der Waals surface area contributed by atoms with Crippen molar-refractivity contribution in [1.82, 2.24) is 0 Å². The second-order valence-electron chi connectivity index (χ2n) is 7.85. The van der Waals surface area contributed by atoms with Crippen molar-refractivity contribution in [2.75, 3.05) is 6.61 Å². The maximum Gasteiger partial charge on any atom is 0.334 e. The predicted octanol–water partition coefficient (Wildman–Crippen LogP) is 6.95. The molecule has 0 aliphatic heterocycles. The second kappa shape index (κ2) is 20.7. The van der Waals surface area contributed by atoms with Gasteiger partial charge in [-0.1, -0.05) is 116 Å². The minimum Gasteiger partial charge on any atom is -0.464 e. The molecule has 0 radical (unpaired) electrons. The fourth-order valence-corrected chi connectivity index (χ4v) is 3.30. The van der Waals surface area contributed by atoms with Crippen molar-refractivity contribution in [3.05, 3.63) is 0 Å². The van der Waals surface area contributed by atoms with Crippen molar-refractivity contribution >= 4 is 5.97 Å². The zero-order valence-electron chi connectivity index (χ0n) is 17.8. The van der Waals surface area contributed by atoms with Crippen molar-refractivity contribution in [1.29, 1.82) is 0 Å². The zero-order chi connectivity index (χ0) is 19.3. The lowest BCUT2D eigenvalue weighted by molar-refractivity contribution is -0.152. The largest absolute Gasteiger partial charge is 0.464 e. The summed E-state index contributed by atoms with van der Waals surface area (Å²) in [6.07, 6.45) is 23.3. The molecular weight excluding hydrogens is 324 g/mol. The Morgan fingerprint density at radius 1 is 0.654 bits per heavy atom. The zero-order valence-corrected chi connectivity index (χ0v) is 17.8. The highest BCUT2D eigenvalue weighted by Crippen LogP contribution is 2.14. The Morgan fingerprint density at radius 3 is 1.27 bits per heavy atom. The van der Waals surface area contributed by atoms with Crippen LogP contribution in [0.3, 0.4) is 0 Å². The van der Waals surface area contributed by atoms with Gasteiger partial charge in [0, 0.05) is 0 Å². The first kappa shape index (κ1) is 25.4. The number of carbonyl (C=O) groups excluding carboxylic acids is 1. The SMILES string of the molecule is CCCCCCCCCCCCCCCCCCCCOC(=O)C(C)O. The standard InChI is InChI=1S/C23H46O3/c1-3-4-5-6-7-8-9-10-11-12-13-14-15-16-17-18-19-20-21-26-23(25)22(2)24/h22,24H,3-21H2,1-2H3. The van der Waals surface area contributed by atoms with Crippen molar-refractivity contribution in [2.24, 2.45) is 0 Å². The molecule has 3 heteroatoms. The number of rotatable bonds is 20. The van der Waals surface area contributed by atoms with E-state index in [0.717, 1.165) is 12.8 Å². The van der Waals surface area contributed by atoms with Gasteiger partial charge in [0.2, 0.25) is 0 Å². The van der Waals surface area contributed by atoms with E-state index in [1.54, 1.807) is 0 Å². The molecule has 0 rings (SSSR count). The van der Waals surface area contributed by atoms with Crippen LogP contribution in [-0.4, -0.2) is 23.8 Å². The van der Waals surface area contributed by atoms with Gasteiger partial charge in [-0.2, -0.15) is 0 Å². The van der Waals surface area contributed by atoms with Crippen LogP contribution in [-0.2, 0) is 9.53 Å². The summed E-state index contributed by atoms with van der Waals surface area (Å²) in [7, 11) is 0. The summed E-state index contributed by atoms with van der Waals surface area (Å²) in [5.74, 6) is -0.503. The first-order valence-electron chi connectivity index (χ1n) is 11.5. The van der Waals surface area contributed by atoms with Crippen LogP contribution in [0.1, 0.15) is 129 Å². The lowest BCUT2D eigenvalue weighted by Crippen LogP contribution is -2.19. The number of hydrogen-bond acceptors (Lipinski definition) is 3. The molecule has 1 N–H and O–H groups in total. The molecule has 0 spiro atoms. The predicted molar refractivity (Wildman–Crippen MR) is 111 cm³/mol. The van der Waals surface area contributed by atoms with Crippen molar-refractivity contribution in [2.45, 2.75) is 136 Å². The van der Waals surface area contributed by atoms with E-state index in [1.807, 2.05) is 0 Å². The molecule has 0 heterocycles. The summed E-state index contributed by atoms with van der Waals surface area (Å²) in [6.45, 7) is 4.17. The Morgan fingerprint density at radius 2 is 0.962 bits per heavy atom. The van der Waals surface area contributed by atoms with E-state index < -0.39 is 12.1 Å². The molecule has 0 saturated carbocycles. The van der Waals surface area contributed by atoms with Gasteiger partial charge >= 0.3 is 5.97 Å². The maximum atomic E-state index is 11.1. The summed E-state index contributed by atoms with van der Waals surface area (Å²) in [4.78, 5) is 11.1. The Balaban J connectivity index is 3.04. The van der Waals surface area contributed by atoms with Gasteiger partial charge < -0.3 is 9.84 Å². The van der Waals surface area contributed by atoms with Crippen molar-refractivity contribution in [3.63, 3.8) is 0 Å². The average molecular weight is 371 g/mol. The van der Waals surface area contributed by atoms with Crippen molar-refractivity contribution in [3.8, 4) is 0 Å². The van der Waals surface area contributed by atoms with Crippen LogP contribution in [0.2, 0.25) is 0 Å². The number of hydrogen-bond donors (Lipinski definition) is 1. The van der Waals surface area contributed by atoms with Crippen LogP contribution >= 0.6 is 0 Å². The first-order valence-corrected chi connectivity index (χ1v) is 11.5. The molecule has 0 aliphatic rings. The molecule has 26 heavy (non-hydrogen) atoms. The van der Waals surface area contributed by atoms with Crippen LogP contribution in [0.15, 0.2) is 0 Å². The summed E-state index contributed by atoms with van der Waals surface area (Å²) in [5.41, 5.74) is 0. The summed E-state index contributed by atoms with van der Waals surface area (Å²) in [6, 6.07) is 0. The topological polar surface area (TPSA) is 46.5 Å². The van der Waals surface area contributed by atoms with Crippen molar-refractivity contribution < 1.29 is 14.6 Å². The molecule has 156 valence electrons. The lowest BCUT2D eigenvalue weighted by Gasteiger charge is -2.06. The normalized spacial score (nSPS) is 12.3. The number of esters is 1. The third-order valence-electron chi connectivity index (χ3n) is 5.08. The smallest absolute Gasteiger partial charge is 0.334 e. The van der Waals surface area contributed by atoms with E-state index in [-0.39, 0.29) is 0 Å². The number of unbranched alkanes of at least 4 members (excludes halogenated alkanes) is 17. The van der Waals surface area contributed by atoms with Crippen LogP contribution in [0, 0.1) is 0 Å². The molecule has 1 atom stereocenters. The van der Waals surface area contributed by atoms with E-state index in [1.165, 1.54) is 110 Å². The summed E-state index contributed by atoms with van der Waals surface area (Å²) >= 11 is 0. The van der Waals surface area contributed by atoms with Gasteiger partial charge in [0.05, 0.1) is 6.61 Å². The van der Waals surface area contributed by atoms with E-state index in [4.69, 9.17) is 9.84 Å². The Labute approximate surface area is 163 Å². The van der Waals surface area contributed by atoms with E-state index >= 15 is 0 Å². The fourth-order valence-electron chi connectivity index (χ4n) is 3.30. The highest BCUT2D eigenvalue weighted by atomic mass is 16.5. The Hall–Kier alpha value is -0.570. The molecule has 0 fully saturated rings. The van der Waals surface area contributed by atoms with Crippen LogP contribution in [0.25, 0.3) is 0 Å². The summed E-state index contributed by atoms with van der Waals surface area (Å²) in [5, 5.41) is 9.00. The molecule has 0 aromatic rings. The molecule has 3 nitrogen and oxygen atoms in total. The quantitative estimate of drug-likeness (QED) is 0.186. The van der Waals surface area contributed by atoms with Crippen LogP contribution < -0.4 is 0 Å². The van der Waals surface area contributed by atoms with E-state index in [9.17, 15) is 4.79 Å². The molecule has 0 aromatic heterocycles. The van der Waals surface area contributed by atoms with E-state index in [2.05, 4.69) is 6.92 Å². The molecule has 0 aromatic carbocycles. The minimum atomic E-state index is -0.995. The van der Waals surface area contributed by atoms with Gasteiger partial charge in [-0.15, -0.1) is 0 Å². The van der Waals surface area contributed by atoms with Crippen LogP contribution in [0.4, 0.5) is 0 Å². The van der Waals surface area contributed by atoms with Gasteiger partial charge in [0.15, 0.2) is 0 Å². The van der Waals surface area contributed by atoms with Crippen LogP contribution in [0.5, 0.6) is 0 Å². The molecule has 0 amide bonds. The highest BCUT2D eigenvalue weighted by Gasteiger charge is 2.08. The fraction of sp³-hybridized carbons (Fsp3) is 0.957. The van der Waals surface area contributed by atoms with Gasteiger partial charge in [0.25, 0.3) is 0 Å². The Kier molecular flexibility index (Phi) is 20.3. The monoisotopic (exact) mass is 370 g/mol. The molecular formula is C23H46O3. The molecule has 0 bridgehead atoms. The second-order valence-corrected chi connectivity index (χ2v) is 7.85. The third kappa shape index (κ3) is 19.8. The third-order valence-corrected chi connectivity index (χ3v) is 5.08. The number of aliphatic hydroxyl groups excluding tert-OH is 1.